The summed E-state index contributed by atoms with van der Waals surface area (Å²) in [6.07, 6.45) is 4.73. The van der Waals surface area contributed by atoms with Crippen LogP contribution in [0.2, 0.25) is 0 Å². The third-order valence-corrected chi connectivity index (χ3v) is 3.58. The highest BCUT2D eigenvalue weighted by Gasteiger charge is 2.34. The van der Waals surface area contributed by atoms with Crippen molar-refractivity contribution in [3.8, 4) is 11.1 Å². The summed E-state index contributed by atoms with van der Waals surface area (Å²) in [5.74, 6) is -0.779. The first-order chi connectivity index (χ1) is 9.08. The number of carbonyl (C=O) groups is 1. The van der Waals surface area contributed by atoms with Gasteiger partial charge in [0.05, 0.1) is 17.9 Å². The second kappa shape index (κ2) is 5.31. The van der Waals surface area contributed by atoms with Gasteiger partial charge >= 0.3 is 5.97 Å². The Morgan fingerprint density at radius 2 is 2.11 bits per heavy atom. The van der Waals surface area contributed by atoms with Gasteiger partial charge in [0.1, 0.15) is 0 Å². The molecule has 0 fully saturated rings. The Bertz CT molecular complexity index is 557. The summed E-state index contributed by atoms with van der Waals surface area (Å²) in [5.41, 5.74) is 1.94. The molecule has 3 nitrogen and oxygen atoms in total. The van der Waals surface area contributed by atoms with Crippen LogP contribution in [0, 0.1) is 0 Å². The zero-order chi connectivity index (χ0) is 13.9. The number of rotatable bonds is 5. The van der Waals surface area contributed by atoms with Crippen LogP contribution in [-0.4, -0.2) is 11.1 Å². The highest BCUT2D eigenvalue weighted by molar-refractivity contribution is 5.81. The van der Waals surface area contributed by atoms with E-state index in [4.69, 9.17) is 4.42 Å². The van der Waals surface area contributed by atoms with Gasteiger partial charge in [-0.2, -0.15) is 0 Å². The van der Waals surface area contributed by atoms with Gasteiger partial charge in [-0.15, -0.1) is 0 Å². The summed E-state index contributed by atoms with van der Waals surface area (Å²) in [6, 6.07) is 9.55. The molecule has 0 radical (unpaired) electrons. The van der Waals surface area contributed by atoms with Crippen molar-refractivity contribution in [2.75, 3.05) is 0 Å². The van der Waals surface area contributed by atoms with Crippen LogP contribution in [0.1, 0.15) is 32.3 Å². The summed E-state index contributed by atoms with van der Waals surface area (Å²) < 4.78 is 5.07. The standard InChI is InChI=1S/C16H18O3/c1-3-8-16(2,15(17)18)14-6-4-5-12(10-14)13-7-9-19-11-13/h4-7,9-11H,3,8H2,1-2H3,(H,17,18). The maximum atomic E-state index is 11.6. The SMILES string of the molecule is CCCC(C)(C(=O)O)c1cccc(-c2ccoc2)c1. The number of hydrogen-bond donors (Lipinski definition) is 1. The van der Waals surface area contributed by atoms with E-state index in [2.05, 4.69) is 0 Å². The molecule has 0 aliphatic rings. The van der Waals surface area contributed by atoms with E-state index in [1.165, 1.54) is 0 Å². The summed E-state index contributed by atoms with van der Waals surface area (Å²) in [4.78, 5) is 11.6. The fraction of sp³-hybridized carbons (Fsp3) is 0.312. The minimum atomic E-state index is -0.839. The Morgan fingerprint density at radius 1 is 1.32 bits per heavy atom. The summed E-state index contributed by atoms with van der Waals surface area (Å²) >= 11 is 0. The molecule has 1 unspecified atom stereocenters. The minimum Gasteiger partial charge on any atom is -0.481 e. The Morgan fingerprint density at radius 3 is 2.68 bits per heavy atom. The minimum absolute atomic E-state index is 0.622. The quantitative estimate of drug-likeness (QED) is 0.878. The molecule has 100 valence electrons. The van der Waals surface area contributed by atoms with E-state index in [0.29, 0.717) is 6.42 Å². The van der Waals surface area contributed by atoms with E-state index in [0.717, 1.165) is 23.1 Å². The van der Waals surface area contributed by atoms with Gasteiger partial charge < -0.3 is 9.52 Å². The van der Waals surface area contributed by atoms with Crippen LogP contribution in [0.15, 0.2) is 47.3 Å². The molecule has 0 spiro atoms. The van der Waals surface area contributed by atoms with Crippen LogP contribution in [0.5, 0.6) is 0 Å². The predicted octanol–water partition coefficient (Wildman–Crippen LogP) is 4.09. The second-order valence-corrected chi connectivity index (χ2v) is 4.98. The first kappa shape index (κ1) is 13.4. The summed E-state index contributed by atoms with van der Waals surface area (Å²) in [6.45, 7) is 3.79. The van der Waals surface area contributed by atoms with Crippen LogP contribution in [-0.2, 0) is 10.2 Å². The average Bonchev–Trinajstić information content (AvgIpc) is 2.93. The largest absolute Gasteiger partial charge is 0.481 e. The molecular formula is C16H18O3. The molecule has 3 heteroatoms. The van der Waals surface area contributed by atoms with Crippen molar-refractivity contribution in [1.82, 2.24) is 0 Å². The highest BCUT2D eigenvalue weighted by atomic mass is 16.4. The lowest BCUT2D eigenvalue weighted by Gasteiger charge is -2.25. The van der Waals surface area contributed by atoms with Crippen molar-refractivity contribution >= 4 is 5.97 Å². The Balaban J connectivity index is 2.45. The smallest absolute Gasteiger partial charge is 0.313 e. The molecular weight excluding hydrogens is 240 g/mol. The molecule has 0 amide bonds. The monoisotopic (exact) mass is 258 g/mol. The van der Waals surface area contributed by atoms with Crippen molar-refractivity contribution in [3.63, 3.8) is 0 Å². The summed E-state index contributed by atoms with van der Waals surface area (Å²) in [5, 5.41) is 9.52. The highest BCUT2D eigenvalue weighted by Crippen LogP contribution is 2.32. The second-order valence-electron chi connectivity index (χ2n) is 4.98. The van der Waals surface area contributed by atoms with E-state index in [9.17, 15) is 9.90 Å². The van der Waals surface area contributed by atoms with Gasteiger partial charge in [-0.25, -0.2) is 0 Å². The predicted molar refractivity (Wildman–Crippen MR) is 74.0 cm³/mol. The lowest BCUT2D eigenvalue weighted by atomic mass is 9.78. The topological polar surface area (TPSA) is 50.4 Å². The number of furan rings is 1. The van der Waals surface area contributed by atoms with E-state index < -0.39 is 11.4 Å². The van der Waals surface area contributed by atoms with Gasteiger partial charge in [0, 0.05) is 5.56 Å². The number of carboxylic acid groups (broad SMARTS) is 1. The molecule has 0 bridgehead atoms. The van der Waals surface area contributed by atoms with Gasteiger partial charge in [-0.3, -0.25) is 4.79 Å². The van der Waals surface area contributed by atoms with Crippen molar-refractivity contribution in [2.45, 2.75) is 32.1 Å². The molecule has 1 N–H and O–H groups in total. The number of aliphatic carboxylic acids is 1. The molecule has 1 aromatic heterocycles. The van der Waals surface area contributed by atoms with Gasteiger partial charge in [0.2, 0.25) is 0 Å². The molecule has 0 aliphatic carbocycles. The molecule has 2 aromatic rings. The van der Waals surface area contributed by atoms with Crippen molar-refractivity contribution in [2.24, 2.45) is 0 Å². The molecule has 2 rings (SSSR count). The van der Waals surface area contributed by atoms with E-state index in [1.807, 2.05) is 37.3 Å². The molecule has 1 atom stereocenters. The lowest BCUT2D eigenvalue weighted by Crippen LogP contribution is -2.32. The van der Waals surface area contributed by atoms with Crippen LogP contribution < -0.4 is 0 Å². The Kier molecular flexibility index (Phi) is 3.74. The number of hydrogen-bond acceptors (Lipinski definition) is 2. The Labute approximate surface area is 112 Å². The third kappa shape index (κ3) is 2.55. The van der Waals surface area contributed by atoms with E-state index >= 15 is 0 Å². The number of carboxylic acids is 1. The first-order valence-corrected chi connectivity index (χ1v) is 6.44. The van der Waals surface area contributed by atoms with Crippen LogP contribution >= 0.6 is 0 Å². The maximum Gasteiger partial charge on any atom is 0.313 e. The molecule has 19 heavy (non-hydrogen) atoms. The van der Waals surface area contributed by atoms with Crippen molar-refractivity contribution < 1.29 is 14.3 Å². The van der Waals surface area contributed by atoms with Crippen LogP contribution in [0.4, 0.5) is 0 Å². The molecule has 1 heterocycles. The van der Waals surface area contributed by atoms with Crippen molar-refractivity contribution in [3.05, 3.63) is 48.4 Å². The van der Waals surface area contributed by atoms with Gasteiger partial charge in [0.15, 0.2) is 0 Å². The zero-order valence-electron chi connectivity index (χ0n) is 11.2. The Hall–Kier alpha value is -2.03. The normalized spacial score (nSPS) is 14.0. The average molecular weight is 258 g/mol. The lowest BCUT2D eigenvalue weighted by molar-refractivity contribution is -0.143. The molecule has 1 aromatic carbocycles. The third-order valence-electron chi connectivity index (χ3n) is 3.58. The van der Waals surface area contributed by atoms with E-state index in [1.54, 1.807) is 19.5 Å². The fourth-order valence-corrected chi connectivity index (χ4v) is 2.35. The van der Waals surface area contributed by atoms with Gasteiger partial charge in [-0.05, 0) is 36.6 Å². The fourth-order valence-electron chi connectivity index (χ4n) is 2.35. The zero-order valence-corrected chi connectivity index (χ0v) is 11.2. The molecule has 0 saturated heterocycles. The summed E-state index contributed by atoms with van der Waals surface area (Å²) in [7, 11) is 0. The van der Waals surface area contributed by atoms with Gasteiger partial charge in [-0.1, -0.05) is 31.5 Å². The van der Waals surface area contributed by atoms with Crippen molar-refractivity contribution in [1.29, 1.82) is 0 Å². The van der Waals surface area contributed by atoms with E-state index in [-0.39, 0.29) is 0 Å². The first-order valence-electron chi connectivity index (χ1n) is 6.44. The van der Waals surface area contributed by atoms with Gasteiger partial charge in [0.25, 0.3) is 0 Å². The maximum absolute atomic E-state index is 11.6. The van der Waals surface area contributed by atoms with Crippen LogP contribution in [0.25, 0.3) is 11.1 Å². The molecule has 0 aliphatic heterocycles. The molecule has 0 saturated carbocycles. The number of benzene rings is 1. The van der Waals surface area contributed by atoms with Crippen LogP contribution in [0.3, 0.4) is 0 Å².